The predicted molar refractivity (Wildman–Crippen MR) is 102 cm³/mol. The molecule has 1 amide bonds. The van der Waals surface area contributed by atoms with E-state index in [9.17, 15) is 4.79 Å². The van der Waals surface area contributed by atoms with Gasteiger partial charge in [0.1, 0.15) is 6.61 Å². The van der Waals surface area contributed by atoms with Crippen molar-refractivity contribution in [3.63, 3.8) is 0 Å². The van der Waals surface area contributed by atoms with Crippen LogP contribution in [0.4, 0.5) is 0 Å². The van der Waals surface area contributed by atoms with Crippen molar-refractivity contribution < 1.29 is 9.53 Å². The van der Waals surface area contributed by atoms with Gasteiger partial charge in [0.15, 0.2) is 0 Å². The molecule has 0 unspecified atom stereocenters. The average Bonchev–Trinajstić information content (AvgIpc) is 2.71. The minimum Gasteiger partial charge on any atom is -0.473 e. The molecular weight excluding hydrogens is 346 g/mol. The SMILES string of the molecule is O=C(CSc1ccncc1)NCc1cccnc1OCc1ccccc1. The molecule has 132 valence electrons. The van der Waals surface area contributed by atoms with E-state index in [4.69, 9.17) is 4.74 Å². The summed E-state index contributed by atoms with van der Waals surface area (Å²) in [5.41, 5.74) is 1.92. The molecule has 0 bridgehead atoms. The van der Waals surface area contributed by atoms with Gasteiger partial charge in [-0.2, -0.15) is 0 Å². The third-order valence-corrected chi connectivity index (χ3v) is 4.58. The number of benzene rings is 1. The van der Waals surface area contributed by atoms with Crippen molar-refractivity contribution in [1.82, 2.24) is 15.3 Å². The highest BCUT2D eigenvalue weighted by atomic mass is 32.2. The zero-order valence-electron chi connectivity index (χ0n) is 14.2. The lowest BCUT2D eigenvalue weighted by molar-refractivity contribution is -0.118. The Kier molecular flexibility index (Phi) is 6.61. The molecule has 0 fully saturated rings. The zero-order chi connectivity index (χ0) is 18.0. The molecule has 1 aromatic carbocycles. The van der Waals surface area contributed by atoms with Crippen LogP contribution in [0.1, 0.15) is 11.1 Å². The van der Waals surface area contributed by atoms with E-state index in [1.165, 1.54) is 11.8 Å². The Morgan fingerprint density at radius 1 is 1.00 bits per heavy atom. The summed E-state index contributed by atoms with van der Waals surface area (Å²) in [6, 6.07) is 17.4. The molecule has 0 radical (unpaired) electrons. The minimum atomic E-state index is -0.0373. The van der Waals surface area contributed by atoms with Crippen LogP contribution in [0.5, 0.6) is 5.88 Å². The first-order valence-electron chi connectivity index (χ1n) is 8.21. The van der Waals surface area contributed by atoms with E-state index in [0.717, 1.165) is 16.0 Å². The molecule has 6 heteroatoms. The Morgan fingerprint density at radius 2 is 1.81 bits per heavy atom. The third-order valence-electron chi connectivity index (χ3n) is 3.56. The molecule has 0 aliphatic heterocycles. The summed E-state index contributed by atoms with van der Waals surface area (Å²) in [5, 5.41) is 2.91. The first-order chi connectivity index (χ1) is 12.8. The van der Waals surface area contributed by atoms with E-state index >= 15 is 0 Å². The van der Waals surface area contributed by atoms with Crippen LogP contribution in [0.3, 0.4) is 0 Å². The first-order valence-corrected chi connectivity index (χ1v) is 9.20. The maximum Gasteiger partial charge on any atom is 0.230 e. The van der Waals surface area contributed by atoms with Gasteiger partial charge in [-0.1, -0.05) is 36.4 Å². The van der Waals surface area contributed by atoms with Crippen molar-refractivity contribution in [3.05, 3.63) is 84.3 Å². The summed E-state index contributed by atoms with van der Waals surface area (Å²) >= 11 is 1.48. The van der Waals surface area contributed by atoms with Crippen molar-refractivity contribution in [2.75, 3.05) is 5.75 Å². The van der Waals surface area contributed by atoms with Gasteiger partial charge >= 0.3 is 0 Å². The molecule has 2 aromatic heterocycles. The molecule has 3 aromatic rings. The highest BCUT2D eigenvalue weighted by Crippen LogP contribution is 2.17. The number of rotatable bonds is 8. The summed E-state index contributed by atoms with van der Waals surface area (Å²) < 4.78 is 5.81. The van der Waals surface area contributed by atoms with Gasteiger partial charge < -0.3 is 10.1 Å². The van der Waals surface area contributed by atoms with E-state index in [1.807, 2.05) is 54.6 Å². The van der Waals surface area contributed by atoms with Gasteiger partial charge in [0, 0.05) is 35.6 Å². The normalized spacial score (nSPS) is 10.3. The van der Waals surface area contributed by atoms with Crippen LogP contribution in [0.25, 0.3) is 0 Å². The quantitative estimate of drug-likeness (QED) is 0.619. The lowest BCUT2D eigenvalue weighted by Crippen LogP contribution is -2.25. The Balaban J connectivity index is 1.50. The van der Waals surface area contributed by atoms with Gasteiger partial charge in [-0.05, 0) is 23.8 Å². The molecule has 0 saturated heterocycles. The molecule has 0 saturated carbocycles. The minimum absolute atomic E-state index is 0.0373. The molecule has 5 nitrogen and oxygen atoms in total. The van der Waals surface area contributed by atoms with Crippen LogP contribution >= 0.6 is 11.8 Å². The van der Waals surface area contributed by atoms with Crippen LogP contribution in [-0.4, -0.2) is 21.6 Å². The van der Waals surface area contributed by atoms with E-state index in [0.29, 0.717) is 24.8 Å². The molecule has 26 heavy (non-hydrogen) atoms. The van der Waals surface area contributed by atoms with Crippen molar-refractivity contribution in [1.29, 1.82) is 0 Å². The number of ether oxygens (including phenoxy) is 1. The van der Waals surface area contributed by atoms with Crippen LogP contribution in [0, 0.1) is 0 Å². The molecule has 0 aliphatic rings. The smallest absolute Gasteiger partial charge is 0.230 e. The van der Waals surface area contributed by atoms with Gasteiger partial charge in [-0.3, -0.25) is 9.78 Å². The summed E-state index contributed by atoms with van der Waals surface area (Å²) in [7, 11) is 0. The molecule has 0 aliphatic carbocycles. The Labute approximate surface area is 156 Å². The lowest BCUT2D eigenvalue weighted by atomic mass is 10.2. The molecule has 0 spiro atoms. The molecule has 0 atom stereocenters. The number of nitrogens with zero attached hydrogens (tertiary/aromatic N) is 2. The Morgan fingerprint density at radius 3 is 2.62 bits per heavy atom. The van der Waals surface area contributed by atoms with Gasteiger partial charge in [-0.15, -0.1) is 11.8 Å². The maximum absolute atomic E-state index is 12.1. The van der Waals surface area contributed by atoms with E-state index in [2.05, 4.69) is 15.3 Å². The first kappa shape index (κ1) is 17.9. The number of thioether (sulfide) groups is 1. The molecule has 3 rings (SSSR count). The van der Waals surface area contributed by atoms with E-state index in [1.54, 1.807) is 18.6 Å². The summed E-state index contributed by atoms with van der Waals surface area (Å²) in [5.74, 6) is 0.855. The number of hydrogen-bond donors (Lipinski definition) is 1. The monoisotopic (exact) mass is 365 g/mol. The highest BCUT2D eigenvalue weighted by Gasteiger charge is 2.08. The fourth-order valence-corrected chi connectivity index (χ4v) is 2.96. The zero-order valence-corrected chi connectivity index (χ0v) is 15.0. The average molecular weight is 365 g/mol. The molecule has 2 heterocycles. The van der Waals surface area contributed by atoms with E-state index < -0.39 is 0 Å². The summed E-state index contributed by atoms with van der Waals surface area (Å²) in [6.07, 6.45) is 5.11. The fourth-order valence-electron chi connectivity index (χ4n) is 2.24. The number of carbonyl (C=O) groups excluding carboxylic acids is 1. The summed E-state index contributed by atoms with van der Waals surface area (Å²) in [4.78, 5) is 21.3. The van der Waals surface area contributed by atoms with Crippen molar-refractivity contribution in [2.24, 2.45) is 0 Å². The number of nitrogens with one attached hydrogen (secondary N) is 1. The van der Waals surface area contributed by atoms with Crippen molar-refractivity contribution in [3.8, 4) is 5.88 Å². The molecular formula is C20H19N3O2S. The lowest BCUT2D eigenvalue weighted by Gasteiger charge is -2.11. The van der Waals surface area contributed by atoms with Crippen LogP contribution in [0.15, 0.2) is 78.1 Å². The molecule has 1 N–H and O–H groups in total. The highest BCUT2D eigenvalue weighted by molar-refractivity contribution is 8.00. The number of hydrogen-bond acceptors (Lipinski definition) is 5. The second-order valence-corrected chi connectivity index (χ2v) is 6.54. The van der Waals surface area contributed by atoms with Gasteiger partial charge in [-0.25, -0.2) is 4.98 Å². The standard InChI is InChI=1S/C20H19N3O2S/c24-19(15-26-18-8-11-21-12-9-18)23-13-17-7-4-10-22-20(17)25-14-16-5-2-1-3-6-16/h1-12H,13-15H2,(H,23,24). The summed E-state index contributed by atoms with van der Waals surface area (Å²) in [6.45, 7) is 0.824. The van der Waals surface area contributed by atoms with Crippen molar-refractivity contribution >= 4 is 17.7 Å². The van der Waals surface area contributed by atoms with Crippen LogP contribution < -0.4 is 10.1 Å². The van der Waals surface area contributed by atoms with Crippen molar-refractivity contribution in [2.45, 2.75) is 18.0 Å². The number of carbonyl (C=O) groups is 1. The number of aromatic nitrogens is 2. The van der Waals surface area contributed by atoms with Crippen LogP contribution in [0.2, 0.25) is 0 Å². The second-order valence-electron chi connectivity index (χ2n) is 5.49. The van der Waals surface area contributed by atoms with Crippen LogP contribution in [-0.2, 0) is 17.9 Å². The topological polar surface area (TPSA) is 64.1 Å². The van der Waals surface area contributed by atoms with Gasteiger partial charge in [0.25, 0.3) is 0 Å². The second kappa shape index (κ2) is 9.58. The largest absolute Gasteiger partial charge is 0.473 e. The van der Waals surface area contributed by atoms with Gasteiger partial charge in [0.05, 0.1) is 5.75 Å². The predicted octanol–water partition coefficient (Wildman–Crippen LogP) is 3.46. The Hall–Kier alpha value is -2.86. The third kappa shape index (κ3) is 5.60. The maximum atomic E-state index is 12.1. The number of pyridine rings is 2. The number of amides is 1. The fraction of sp³-hybridized carbons (Fsp3) is 0.150. The van der Waals surface area contributed by atoms with E-state index in [-0.39, 0.29) is 5.91 Å². The Bertz CT molecular complexity index is 829. The van der Waals surface area contributed by atoms with Gasteiger partial charge in [0.2, 0.25) is 11.8 Å².